The van der Waals surface area contributed by atoms with Crippen molar-refractivity contribution in [3.05, 3.63) is 71.1 Å². The molecule has 5 nitrogen and oxygen atoms in total. The Bertz CT molecular complexity index is 965. The van der Waals surface area contributed by atoms with Crippen LogP contribution in [0.15, 0.2) is 64.9 Å². The molecule has 1 amide bonds. The summed E-state index contributed by atoms with van der Waals surface area (Å²) in [5, 5.41) is 1.26. The molecule has 0 radical (unpaired) electrons. The smallest absolute Gasteiger partial charge is 0.236 e. The summed E-state index contributed by atoms with van der Waals surface area (Å²) in [7, 11) is -1.66. The average molecular weight is 445 g/mol. The molecular weight excluding hydrogens is 416 g/mol. The first-order valence-electron chi connectivity index (χ1n) is 10.0. The number of hydrogen-bond donors (Lipinski definition) is 0. The van der Waals surface area contributed by atoms with Gasteiger partial charge in [-0.1, -0.05) is 42.5 Å². The minimum atomic E-state index is -3.48. The number of benzene rings is 2. The van der Waals surface area contributed by atoms with Crippen LogP contribution in [0.25, 0.3) is 6.08 Å². The van der Waals surface area contributed by atoms with E-state index in [1.165, 1.54) is 14.6 Å². The Kier molecular flexibility index (Phi) is 7.75. The van der Waals surface area contributed by atoms with Crippen LogP contribution in [0.4, 0.5) is 0 Å². The van der Waals surface area contributed by atoms with E-state index in [0.29, 0.717) is 32.5 Å². The van der Waals surface area contributed by atoms with Gasteiger partial charge in [0.05, 0.1) is 0 Å². The Balaban J connectivity index is 1.53. The SMILES string of the molecule is CSc1ccc(CN(C)C(=O)C2CCN(S(=O)(=O)/C=C/c3ccccc3)CC2)cc1. The van der Waals surface area contributed by atoms with Crippen molar-refractivity contribution in [2.45, 2.75) is 24.3 Å². The molecule has 1 aliphatic rings. The quantitative estimate of drug-likeness (QED) is 0.604. The predicted molar refractivity (Wildman–Crippen MR) is 123 cm³/mol. The third-order valence-electron chi connectivity index (χ3n) is 5.35. The Morgan fingerprint density at radius 2 is 1.73 bits per heavy atom. The van der Waals surface area contributed by atoms with Crippen molar-refractivity contribution in [1.29, 1.82) is 0 Å². The number of carbonyl (C=O) groups is 1. The molecule has 1 fully saturated rings. The molecule has 0 aliphatic carbocycles. The van der Waals surface area contributed by atoms with E-state index in [0.717, 1.165) is 11.1 Å². The van der Waals surface area contributed by atoms with Crippen LogP contribution in [0.2, 0.25) is 0 Å². The number of piperidine rings is 1. The number of rotatable bonds is 7. The fourth-order valence-corrected chi connectivity index (χ4v) is 5.20. The van der Waals surface area contributed by atoms with E-state index in [-0.39, 0.29) is 11.8 Å². The van der Waals surface area contributed by atoms with Crippen LogP contribution < -0.4 is 0 Å². The van der Waals surface area contributed by atoms with Crippen molar-refractivity contribution >= 4 is 33.8 Å². The van der Waals surface area contributed by atoms with E-state index in [9.17, 15) is 13.2 Å². The van der Waals surface area contributed by atoms with Crippen LogP contribution in [0.1, 0.15) is 24.0 Å². The van der Waals surface area contributed by atoms with Gasteiger partial charge in [0.1, 0.15) is 0 Å². The summed E-state index contributed by atoms with van der Waals surface area (Å²) in [6.45, 7) is 1.30. The lowest BCUT2D eigenvalue weighted by atomic mass is 9.96. The molecule has 0 unspecified atom stereocenters. The molecule has 2 aromatic carbocycles. The Morgan fingerprint density at radius 3 is 2.33 bits per heavy atom. The molecule has 3 rings (SSSR count). The summed E-state index contributed by atoms with van der Waals surface area (Å²) in [5.41, 5.74) is 1.94. The van der Waals surface area contributed by atoms with Crippen LogP contribution in [0, 0.1) is 5.92 Å². The van der Waals surface area contributed by atoms with Crippen LogP contribution >= 0.6 is 11.8 Å². The molecule has 0 saturated carbocycles. The minimum Gasteiger partial charge on any atom is -0.341 e. The zero-order valence-corrected chi connectivity index (χ0v) is 19.0. The monoisotopic (exact) mass is 444 g/mol. The molecule has 0 bridgehead atoms. The number of sulfonamides is 1. The molecule has 0 atom stereocenters. The van der Waals surface area contributed by atoms with E-state index in [1.807, 2.05) is 55.8 Å². The van der Waals surface area contributed by atoms with E-state index >= 15 is 0 Å². The molecular formula is C23H28N2O3S2. The van der Waals surface area contributed by atoms with Crippen molar-refractivity contribution in [2.75, 3.05) is 26.4 Å². The van der Waals surface area contributed by atoms with Gasteiger partial charge in [-0.2, -0.15) is 4.31 Å². The fraction of sp³-hybridized carbons (Fsp3) is 0.348. The van der Waals surface area contributed by atoms with Gasteiger partial charge in [-0.25, -0.2) is 8.42 Å². The standard InChI is InChI=1S/C23H28N2O3S2/c1-24(18-20-8-10-22(29-2)11-9-20)23(26)21-12-15-25(16-13-21)30(27,28)17-14-19-6-4-3-5-7-19/h3-11,14,17,21H,12-13,15-16,18H2,1-2H3/b17-14+. The first kappa shape index (κ1) is 22.6. The summed E-state index contributed by atoms with van der Waals surface area (Å²) < 4.78 is 26.7. The van der Waals surface area contributed by atoms with Gasteiger partial charge in [0.2, 0.25) is 15.9 Å². The van der Waals surface area contributed by atoms with Crippen molar-refractivity contribution in [3.8, 4) is 0 Å². The van der Waals surface area contributed by atoms with Crippen LogP contribution in [0.3, 0.4) is 0 Å². The highest BCUT2D eigenvalue weighted by molar-refractivity contribution is 7.98. The Hall–Kier alpha value is -2.09. The first-order chi connectivity index (χ1) is 14.4. The lowest BCUT2D eigenvalue weighted by molar-refractivity contribution is -0.135. The maximum Gasteiger partial charge on any atom is 0.236 e. The first-order valence-corrected chi connectivity index (χ1v) is 12.7. The van der Waals surface area contributed by atoms with Crippen molar-refractivity contribution in [3.63, 3.8) is 0 Å². The average Bonchev–Trinajstić information content (AvgIpc) is 2.78. The molecule has 1 aliphatic heterocycles. The van der Waals surface area contributed by atoms with Gasteiger partial charge in [0.25, 0.3) is 0 Å². The molecule has 160 valence electrons. The van der Waals surface area contributed by atoms with E-state index in [4.69, 9.17) is 0 Å². The molecule has 1 saturated heterocycles. The van der Waals surface area contributed by atoms with Crippen molar-refractivity contribution in [2.24, 2.45) is 5.92 Å². The van der Waals surface area contributed by atoms with Crippen LogP contribution in [-0.4, -0.2) is 49.9 Å². The fourth-order valence-electron chi connectivity index (χ4n) is 3.57. The molecule has 1 heterocycles. The molecule has 30 heavy (non-hydrogen) atoms. The third kappa shape index (κ3) is 5.97. The van der Waals surface area contributed by atoms with Gasteiger partial charge in [-0.3, -0.25) is 4.79 Å². The van der Waals surface area contributed by atoms with Gasteiger partial charge in [0, 0.05) is 42.9 Å². The summed E-state index contributed by atoms with van der Waals surface area (Å²) in [6.07, 6.45) is 4.75. The molecule has 7 heteroatoms. The summed E-state index contributed by atoms with van der Waals surface area (Å²) in [4.78, 5) is 15.8. The minimum absolute atomic E-state index is 0.0841. The molecule has 0 N–H and O–H groups in total. The highest BCUT2D eigenvalue weighted by Crippen LogP contribution is 2.23. The second-order valence-electron chi connectivity index (χ2n) is 7.47. The topological polar surface area (TPSA) is 57.7 Å². The normalized spacial score (nSPS) is 16.1. The Morgan fingerprint density at radius 1 is 1.10 bits per heavy atom. The highest BCUT2D eigenvalue weighted by atomic mass is 32.2. The van der Waals surface area contributed by atoms with Gasteiger partial charge in [-0.15, -0.1) is 11.8 Å². The maximum absolute atomic E-state index is 12.8. The highest BCUT2D eigenvalue weighted by Gasteiger charge is 2.31. The number of hydrogen-bond acceptors (Lipinski definition) is 4. The van der Waals surface area contributed by atoms with Crippen molar-refractivity contribution < 1.29 is 13.2 Å². The predicted octanol–water partition coefficient (Wildman–Crippen LogP) is 4.08. The summed E-state index contributed by atoms with van der Waals surface area (Å²) >= 11 is 1.69. The number of amides is 1. The van der Waals surface area contributed by atoms with Gasteiger partial charge in [-0.05, 0) is 48.4 Å². The number of carbonyl (C=O) groups excluding carboxylic acids is 1. The molecule has 2 aromatic rings. The number of thioether (sulfide) groups is 1. The van der Waals surface area contributed by atoms with Crippen LogP contribution in [-0.2, 0) is 21.4 Å². The van der Waals surface area contributed by atoms with Gasteiger partial charge in [0.15, 0.2) is 0 Å². The summed E-state index contributed by atoms with van der Waals surface area (Å²) in [5.74, 6) is -0.0501. The van der Waals surface area contributed by atoms with Crippen molar-refractivity contribution in [1.82, 2.24) is 9.21 Å². The Labute approximate surface area is 183 Å². The van der Waals surface area contributed by atoms with Gasteiger partial charge >= 0.3 is 0 Å². The second kappa shape index (κ2) is 10.3. The zero-order chi connectivity index (χ0) is 21.6. The molecule has 0 spiro atoms. The second-order valence-corrected chi connectivity index (χ2v) is 10.2. The summed E-state index contributed by atoms with van der Waals surface area (Å²) in [6, 6.07) is 17.6. The third-order valence-corrected chi connectivity index (χ3v) is 7.66. The zero-order valence-electron chi connectivity index (χ0n) is 17.4. The largest absolute Gasteiger partial charge is 0.341 e. The van der Waals surface area contributed by atoms with E-state index < -0.39 is 10.0 Å². The lowest BCUT2D eigenvalue weighted by Crippen LogP contribution is -2.42. The van der Waals surface area contributed by atoms with E-state index in [2.05, 4.69) is 12.1 Å². The van der Waals surface area contributed by atoms with Crippen LogP contribution in [0.5, 0.6) is 0 Å². The van der Waals surface area contributed by atoms with E-state index in [1.54, 1.807) is 22.7 Å². The lowest BCUT2D eigenvalue weighted by Gasteiger charge is -2.32. The maximum atomic E-state index is 12.8. The number of nitrogens with zero attached hydrogens (tertiary/aromatic N) is 2. The molecule has 0 aromatic heterocycles. The van der Waals surface area contributed by atoms with Gasteiger partial charge < -0.3 is 4.90 Å².